The summed E-state index contributed by atoms with van der Waals surface area (Å²) in [4.78, 5) is 52.6. The molecule has 2 aromatic carbocycles. The minimum atomic E-state index is -1.07. The average molecular weight is 474 g/mol. The summed E-state index contributed by atoms with van der Waals surface area (Å²) in [7, 11) is 1.45. The number of nitrogens with zero attached hydrogens (tertiary/aromatic N) is 2. The first kappa shape index (κ1) is 23.7. The number of urea groups is 1. The van der Waals surface area contributed by atoms with E-state index >= 15 is 0 Å². The van der Waals surface area contributed by atoms with Crippen LogP contribution in [0.4, 0.5) is 10.5 Å². The lowest BCUT2D eigenvalue weighted by atomic mass is 10.0. The van der Waals surface area contributed by atoms with Crippen molar-refractivity contribution in [1.82, 2.24) is 4.90 Å². The molecule has 1 aliphatic heterocycles. The molecule has 0 bridgehead atoms. The Morgan fingerprint density at radius 3 is 2.46 bits per heavy atom. The molecule has 2 heterocycles. The molecule has 4 rings (SSSR count). The molecular weight excluding hydrogens is 452 g/mol. The molecule has 1 aromatic heterocycles. The number of anilines is 1. The molecule has 0 unspecified atom stereocenters. The van der Waals surface area contributed by atoms with Crippen molar-refractivity contribution in [3.63, 3.8) is 0 Å². The molecule has 9 heteroatoms. The molecular formula is C26H22N2O7. The van der Waals surface area contributed by atoms with Gasteiger partial charge in [0.15, 0.2) is 0 Å². The highest BCUT2D eigenvalue weighted by molar-refractivity contribution is 6.39. The second-order valence-electron chi connectivity index (χ2n) is 7.80. The van der Waals surface area contributed by atoms with Crippen molar-refractivity contribution >= 4 is 35.6 Å². The second-order valence-corrected chi connectivity index (χ2v) is 7.80. The van der Waals surface area contributed by atoms with Crippen molar-refractivity contribution in [1.29, 1.82) is 0 Å². The zero-order valence-electron chi connectivity index (χ0n) is 19.1. The smallest absolute Gasteiger partial charge is 0.338 e. The number of hydrogen-bond acceptors (Lipinski definition) is 6. The van der Waals surface area contributed by atoms with Crippen LogP contribution in [-0.2, 0) is 14.3 Å². The highest BCUT2D eigenvalue weighted by Gasteiger charge is 2.42. The second kappa shape index (κ2) is 9.78. The highest BCUT2D eigenvalue weighted by atomic mass is 16.5. The van der Waals surface area contributed by atoms with Crippen molar-refractivity contribution in [2.24, 2.45) is 0 Å². The van der Waals surface area contributed by atoms with Gasteiger partial charge in [0.05, 0.1) is 24.4 Å². The monoisotopic (exact) mass is 474 g/mol. The molecule has 1 aliphatic rings. The van der Waals surface area contributed by atoms with Gasteiger partial charge in [-0.1, -0.05) is 24.3 Å². The van der Waals surface area contributed by atoms with Crippen LogP contribution in [0.1, 0.15) is 21.7 Å². The number of imide groups is 2. The SMILES string of the molecule is COCCN1C(=O)/C(=C/c2ccc(-c3cc(C(=O)O)ccc3C)o2)C(=O)N(c2ccccc2)C1=O. The standard InChI is InChI=1S/C26H22N2O7/c1-16-8-9-17(25(31)32)14-20(16)22-11-10-19(35-22)15-21-23(29)27(12-13-34-2)26(33)28(24(21)30)18-6-4-3-5-7-18/h3-11,14-15H,12-13H2,1-2H3,(H,31,32)/b21-15-. The maximum Gasteiger partial charge on any atom is 0.338 e. The van der Waals surface area contributed by atoms with E-state index in [9.17, 15) is 24.3 Å². The number of carbonyl (C=O) groups is 4. The van der Waals surface area contributed by atoms with Gasteiger partial charge in [0.25, 0.3) is 11.8 Å². The number of furan rings is 1. The van der Waals surface area contributed by atoms with Crippen LogP contribution in [0, 0.1) is 6.92 Å². The summed E-state index contributed by atoms with van der Waals surface area (Å²) in [6, 6.07) is 15.4. The topological polar surface area (TPSA) is 117 Å². The van der Waals surface area contributed by atoms with Gasteiger partial charge in [0, 0.05) is 12.7 Å². The Balaban J connectivity index is 1.74. The first-order chi connectivity index (χ1) is 16.8. The first-order valence-corrected chi connectivity index (χ1v) is 10.7. The van der Waals surface area contributed by atoms with Gasteiger partial charge in [0.1, 0.15) is 17.1 Å². The molecule has 1 N–H and O–H groups in total. The highest BCUT2D eigenvalue weighted by Crippen LogP contribution is 2.30. The summed E-state index contributed by atoms with van der Waals surface area (Å²) in [6.45, 7) is 1.88. The minimum Gasteiger partial charge on any atom is -0.478 e. The predicted octanol–water partition coefficient (Wildman–Crippen LogP) is 3.98. The zero-order valence-corrected chi connectivity index (χ0v) is 19.1. The largest absolute Gasteiger partial charge is 0.478 e. The third-order valence-electron chi connectivity index (χ3n) is 5.53. The lowest BCUT2D eigenvalue weighted by molar-refractivity contribution is -0.129. The molecule has 0 spiro atoms. The summed E-state index contributed by atoms with van der Waals surface area (Å²) >= 11 is 0. The number of benzene rings is 2. The summed E-state index contributed by atoms with van der Waals surface area (Å²) in [6.07, 6.45) is 1.28. The Morgan fingerprint density at radius 1 is 1.03 bits per heavy atom. The summed E-state index contributed by atoms with van der Waals surface area (Å²) in [5.74, 6) is -2.03. The van der Waals surface area contributed by atoms with Crippen LogP contribution in [0.3, 0.4) is 0 Å². The third kappa shape index (κ3) is 4.62. The lowest BCUT2D eigenvalue weighted by Crippen LogP contribution is -2.57. The number of amides is 4. The third-order valence-corrected chi connectivity index (χ3v) is 5.53. The maximum absolute atomic E-state index is 13.3. The summed E-state index contributed by atoms with van der Waals surface area (Å²) in [5, 5.41) is 9.29. The van der Waals surface area contributed by atoms with E-state index < -0.39 is 23.8 Å². The lowest BCUT2D eigenvalue weighted by Gasteiger charge is -2.33. The van der Waals surface area contributed by atoms with Gasteiger partial charge in [-0.05, 0) is 55.0 Å². The Hall–Kier alpha value is -4.50. The fraction of sp³-hybridized carbons (Fsp3) is 0.154. The van der Waals surface area contributed by atoms with E-state index in [-0.39, 0.29) is 30.0 Å². The molecule has 35 heavy (non-hydrogen) atoms. The van der Waals surface area contributed by atoms with Crippen LogP contribution in [0.25, 0.3) is 17.4 Å². The fourth-order valence-corrected chi connectivity index (χ4v) is 3.70. The van der Waals surface area contributed by atoms with Gasteiger partial charge in [-0.25, -0.2) is 14.5 Å². The number of ether oxygens (including phenoxy) is 1. The number of aromatic carboxylic acids is 1. The number of barbiturate groups is 1. The first-order valence-electron chi connectivity index (χ1n) is 10.7. The number of carboxylic acid groups (broad SMARTS) is 1. The van der Waals surface area contributed by atoms with Gasteiger partial charge >= 0.3 is 12.0 Å². The van der Waals surface area contributed by atoms with E-state index in [0.29, 0.717) is 17.0 Å². The molecule has 3 aromatic rings. The van der Waals surface area contributed by atoms with Crippen LogP contribution in [0.5, 0.6) is 0 Å². The van der Waals surface area contributed by atoms with Crippen LogP contribution in [0.2, 0.25) is 0 Å². The Kier molecular flexibility index (Phi) is 6.61. The molecule has 1 saturated heterocycles. The Bertz CT molecular complexity index is 1340. The van der Waals surface area contributed by atoms with Crippen LogP contribution < -0.4 is 4.90 Å². The van der Waals surface area contributed by atoms with Gasteiger partial charge in [-0.15, -0.1) is 0 Å². The Labute approximate surface area is 200 Å². The number of hydrogen-bond donors (Lipinski definition) is 1. The molecule has 178 valence electrons. The molecule has 9 nitrogen and oxygen atoms in total. The maximum atomic E-state index is 13.3. The number of carboxylic acids is 1. The van der Waals surface area contributed by atoms with E-state index in [2.05, 4.69) is 0 Å². The minimum absolute atomic E-state index is 0.0350. The van der Waals surface area contributed by atoms with E-state index in [1.165, 1.54) is 25.3 Å². The zero-order chi connectivity index (χ0) is 25.1. The molecule has 0 aliphatic carbocycles. The van der Waals surface area contributed by atoms with E-state index in [1.54, 1.807) is 48.5 Å². The van der Waals surface area contributed by atoms with Crippen LogP contribution >= 0.6 is 0 Å². The van der Waals surface area contributed by atoms with Gasteiger partial charge < -0.3 is 14.3 Å². The van der Waals surface area contributed by atoms with E-state index in [0.717, 1.165) is 15.4 Å². The molecule has 0 atom stereocenters. The number of methoxy groups -OCH3 is 1. The fourth-order valence-electron chi connectivity index (χ4n) is 3.70. The predicted molar refractivity (Wildman–Crippen MR) is 127 cm³/mol. The van der Waals surface area contributed by atoms with Crippen molar-refractivity contribution in [3.05, 3.63) is 83.1 Å². The van der Waals surface area contributed by atoms with Crippen molar-refractivity contribution in [2.45, 2.75) is 6.92 Å². The van der Waals surface area contributed by atoms with Crippen molar-refractivity contribution in [3.8, 4) is 11.3 Å². The summed E-state index contributed by atoms with van der Waals surface area (Å²) < 4.78 is 10.9. The number of para-hydroxylation sites is 1. The van der Waals surface area contributed by atoms with Crippen LogP contribution in [-0.4, -0.2) is 54.1 Å². The molecule has 0 saturated carbocycles. The molecule has 4 amide bonds. The van der Waals surface area contributed by atoms with Crippen molar-refractivity contribution in [2.75, 3.05) is 25.2 Å². The quantitative estimate of drug-likeness (QED) is 0.407. The average Bonchev–Trinajstić information content (AvgIpc) is 3.31. The van der Waals surface area contributed by atoms with Gasteiger partial charge in [0.2, 0.25) is 0 Å². The molecule has 0 radical (unpaired) electrons. The number of aryl methyl sites for hydroxylation is 1. The van der Waals surface area contributed by atoms with Crippen molar-refractivity contribution < 1.29 is 33.4 Å². The van der Waals surface area contributed by atoms with E-state index in [1.807, 2.05) is 6.92 Å². The van der Waals surface area contributed by atoms with Crippen LogP contribution in [0.15, 0.2) is 70.7 Å². The number of rotatable bonds is 7. The normalized spacial score (nSPS) is 15.3. The van der Waals surface area contributed by atoms with Gasteiger partial charge in [-0.3, -0.25) is 14.5 Å². The summed E-state index contributed by atoms with van der Waals surface area (Å²) in [5.41, 5.74) is 1.54. The molecule has 1 fully saturated rings. The number of carbonyl (C=O) groups excluding carboxylic acids is 3. The van der Waals surface area contributed by atoms with Gasteiger partial charge in [-0.2, -0.15) is 0 Å². The van der Waals surface area contributed by atoms with E-state index in [4.69, 9.17) is 9.15 Å². The Morgan fingerprint density at radius 2 is 1.77 bits per heavy atom.